The third-order valence-corrected chi connectivity index (χ3v) is 3.69. The van der Waals surface area contributed by atoms with Gasteiger partial charge in [0, 0.05) is 13.7 Å². The lowest BCUT2D eigenvalue weighted by atomic mass is 10.1. The van der Waals surface area contributed by atoms with Gasteiger partial charge in [0.15, 0.2) is 0 Å². The lowest BCUT2D eigenvalue weighted by Gasteiger charge is -2.17. The molecular weight excluding hydrogens is 246 g/mol. The number of rotatable bonds is 9. The van der Waals surface area contributed by atoms with Crippen LogP contribution in [-0.2, 0) is 19.6 Å². The van der Waals surface area contributed by atoms with Crippen LogP contribution >= 0.6 is 0 Å². The summed E-state index contributed by atoms with van der Waals surface area (Å²) in [5, 5.41) is 8.87. The van der Waals surface area contributed by atoms with E-state index in [9.17, 15) is 13.2 Å². The number of carboxylic acids is 1. The van der Waals surface area contributed by atoms with E-state index in [0.717, 1.165) is 0 Å². The average Bonchev–Trinajstić information content (AvgIpc) is 2.20. The van der Waals surface area contributed by atoms with Crippen molar-refractivity contribution in [3.8, 4) is 0 Å². The van der Waals surface area contributed by atoms with Crippen molar-refractivity contribution in [1.29, 1.82) is 0 Å². The molecule has 2 N–H and O–H groups in total. The van der Waals surface area contributed by atoms with Gasteiger partial charge >= 0.3 is 5.97 Å². The standard InChI is InChI=1S/C10H21NO5S/c1-8(2)9(10(12)13)11-17(14,15)7-5-4-6-16-3/h8-9,11H,4-7H2,1-3H3,(H,12,13)/t9-/m1/s1. The van der Waals surface area contributed by atoms with Crippen LogP contribution in [0.3, 0.4) is 0 Å². The van der Waals surface area contributed by atoms with Gasteiger partial charge in [-0.05, 0) is 18.8 Å². The number of carbonyl (C=O) groups is 1. The summed E-state index contributed by atoms with van der Waals surface area (Å²) in [5.41, 5.74) is 0. The summed E-state index contributed by atoms with van der Waals surface area (Å²) in [4.78, 5) is 10.8. The summed E-state index contributed by atoms with van der Waals surface area (Å²) in [6.45, 7) is 3.82. The van der Waals surface area contributed by atoms with E-state index >= 15 is 0 Å². The van der Waals surface area contributed by atoms with Gasteiger partial charge in [0.25, 0.3) is 0 Å². The van der Waals surface area contributed by atoms with Gasteiger partial charge in [-0.25, -0.2) is 13.1 Å². The Balaban J connectivity index is 4.27. The van der Waals surface area contributed by atoms with Gasteiger partial charge < -0.3 is 9.84 Å². The number of sulfonamides is 1. The first-order valence-corrected chi connectivity index (χ1v) is 7.17. The van der Waals surface area contributed by atoms with Crippen LogP contribution in [0.15, 0.2) is 0 Å². The number of nitrogens with one attached hydrogen (secondary N) is 1. The van der Waals surface area contributed by atoms with Crippen molar-refractivity contribution in [1.82, 2.24) is 4.72 Å². The maximum atomic E-state index is 11.6. The quantitative estimate of drug-likeness (QED) is 0.591. The van der Waals surface area contributed by atoms with E-state index < -0.39 is 22.0 Å². The van der Waals surface area contributed by atoms with Crippen LogP contribution in [0.25, 0.3) is 0 Å². The molecular formula is C10H21NO5S. The second-order valence-electron chi connectivity index (χ2n) is 4.20. The first kappa shape index (κ1) is 16.3. The molecule has 0 aliphatic heterocycles. The summed E-state index contributed by atoms with van der Waals surface area (Å²) in [7, 11) is -1.99. The highest BCUT2D eigenvalue weighted by Gasteiger charge is 2.26. The van der Waals surface area contributed by atoms with Gasteiger partial charge in [0.2, 0.25) is 10.0 Å². The van der Waals surface area contributed by atoms with Crippen molar-refractivity contribution in [2.45, 2.75) is 32.7 Å². The molecule has 0 saturated heterocycles. The van der Waals surface area contributed by atoms with Gasteiger partial charge in [-0.3, -0.25) is 4.79 Å². The maximum absolute atomic E-state index is 11.6. The van der Waals surface area contributed by atoms with Gasteiger partial charge in [-0.1, -0.05) is 13.8 Å². The molecule has 6 nitrogen and oxygen atoms in total. The van der Waals surface area contributed by atoms with E-state index in [-0.39, 0.29) is 11.7 Å². The van der Waals surface area contributed by atoms with E-state index in [2.05, 4.69) is 4.72 Å². The third kappa shape index (κ3) is 7.30. The molecule has 0 rings (SSSR count). The number of carboxylic acid groups (broad SMARTS) is 1. The molecule has 0 aliphatic rings. The van der Waals surface area contributed by atoms with Crippen LogP contribution in [-0.4, -0.2) is 45.0 Å². The predicted octanol–water partition coefficient (Wildman–Crippen LogP) is 0.442. The smallest absolute Gasteiger partial charge is 0.321 e. The molecule has 0 saturated carbocycles. The molecule has 0 fully saturated rings. The van der Waals surface area contributed by atoms with E-state index in [1.165, 1.54) is 0 Å². The Morgan fingerprint density at radius 1 is 1.35 bits per heavy atom. The molecule has 0 radical (unpaired) electrons. The number of unbranched alkanes of at least 4 members (excludes halogenated alkanes) is 1. The SMILES string of the molecule is COCCCCS(=O)(=O)N[C@@H](C(=O)O)C(C)C. The second-order valence-corrected chi connectivity index (χ2v) is 6.07. The molecule has 102 valence electrons. The monoisotopic (exact) mass is 267 g/mol. The van der Waals surface area contributed by atoms with Crippen LogP contribution in [0.2, 0.25) is 0 Å². The van der Waals surface area contributed by atoms with Crippen LogP contribution in [0, 0.1) is 5.92 Å². The number of hydrogen-bond donors (Lipinski definition) is 2. The summed E-state index contributed by atoms with van der Waals surface area (Å²) in [6, 6.07) is -1.07. The summed E-state index contributed by atoms with van der Waals surface area (Å²) in [6.07, 6.45) is 1.09. The van der Waals surface area contributed by atoms with Crippen molar-refractivity contribution in [3.05, 3.63) is 0 Å². The Labute approximate surface area is 102 Å². The molecule has 17 heavy (non-hydrogen) atoms. The van der Waals surface area contributed by atoms with Crippen LogP contribution in [0.5, 0.6) is 0 Å². The Bertz CT molecular complexity index is 326. The summed E-state index contributed by atoms with van der Waals surface area (Å²) >= 11 is 0. The van der Waals surface area contributed by atoms with Crippen molar-refractivity contribution < 1.29 is 23.1 Å². The molecule has 0 aromatic heterocycles. The number of methoxy groups -OCH3 is 1. The fourth-order valence-electron chi connectivity index (χ4n) is 1.26. The lowest BCUT2D eigenvalue weighted by molar-refractivity contribution is -0.140. The van der Waals surface area contributed by atoms with Crippen molar-refractivity contribution in [2.75, 3.05) is 19.5 Å². The van der Waals surface area contributed by atoms with E-state index in [4.69, 9.17) is 9.84 Å². The maximum Gasteiger partial charge on any atom is 0.321 e. The van der Waals surface area contributed by atoms with E-state index in [1.54, 1.807) is 21.0 Å². The highest BCUT2D eigenvalue weighted by Crippen LogP contribution is 2.05. The number of hydrogen-bond acceptors (Lipinski definition) is 4. The van der Waals surface area contributed by atoms with Gasteiger partial charge in [0.1, 0.15) is 6.04 Å². The van der Waals surface area contributed by atoms with Gasteiger partial charge in [-0.15, -0.1) is 0 Å². The Morgan fingerprint density at radius 2 is 1.94 bits per heavy atom. The molecule has 0 bridgehead atoms. The first-order valence-electron chi connectivity index (χ1n) is 5.52. The molecule has 0 aromatic carbocycles. The normalized spacial score (nSPS) is 13.9. The second kappa shape index (κ2) is 7.62. The minimum Gasteiger partial charge on any atom is -0.480 e. The highest BCUT2D eigenvalue weighted by molar-refractivity contribution is 7.89. The zero-order valence-electron chi connectivity index (χ0n) is 10.5. The van der Waals surface area contributed by atoms with Crippen molar-refractivity contribution in [3.63, 3.8) is 0 Å². The van der Waals surface area contributed by atoms with Crippen molar-refractivity contribution in [2.24, 2.45) is 5.92 Å². The summed E-state index contributed by atoms with van der Waals surface area (Å²) < 4.78 is 30.2. The molecule has 7 heteroatoms. The largest absolute Gasteiger partial charge is 0.480 e. The van der Waals surface area contributed by atoms with Crippen molar-refractivity contribution >= 4 is 16.0 Å². The fourth-order valence-corrected chi connectivity index (χ4v) is 2.72. The van der Waals surface area contributed by atoms with Gasteiger partial charge in [-0.2, -0.15) is 0 Å². The fraction of sp³-hybridized carbons (Fsp3) is 0.900. The van der Waals surface area contributed by atoms with Crippen LogP contribution in [0.4, 0.5) is 0 Å². The summed E-state index contributed by atoms with van der Waals surface area (Å²) in [5.74, 6) is -1.52. The number of aliphatic carboxylic acids is 1. The molecule has 0 heterocycles. The van der Waals surface area contributed by atoms with E-state index in [1.807, 2.05) is 0 Å². The lowest BCUT2D eigenvalue weighted by Crippen LogP contribution is -2.45. The van der Waals surface area contributed by atoms with Gasteiger partial charge in [0.05, 0.1) is 5.75 Å². The highest BCUT2D eigenvalue weighted by atomic mass is 32.2. The Kier molecular flexibility index (Phi) is 7.33. The molecule has 0 aliphatic carbocycles. The zero-order valence-corrected chi connectivity index (χ0v) is 11.3. The molecule has 0 unspecified atom stereocenters. The Morgan fingerprint density at radius 3 is 2.35 bits per heavy atom. The van der Waals surface area contributed by atoms with Crippen LogP contribution < -0.4 is 4.72 Å². The zero-order chi connectivity index (χ0) is 13.5. The minimum atomic E-state index is -3.54. The van der Waals surface area contributed by atoms with Crippen LogP contribution in [0.1, 0.15) is 26.7 Å². The molecule has 0 amide bonds. The topological polar surface area (TPSA) is 92.7 Å². The first-order chi connectivity index (χ1) is 7.80. The minimum absolute atomic E-state index is 0.0765. The molecule has 0 spiro atoms. The predicted molar refractivity (Wildman–Crippen MR) is 64.3 cm³/mol. The molecule has 0 aromatic rings. The third-order valence-electron chi connectivity index (χ3n) is 2.25. The number of ether oxygens (including phenoxy) is 1. The Hall–Kier alpha value is -0.660. The van der Waals surface area contributed by atoms with E-state index in [0.29, 0.717) is 19.4 Å². The average molecular weight is 267 g/mol. The molecule has 1 atom stereocenters.